The largest absolute Gasteiger partial charge is 0.492 e. The first-order valence-corrected chi connectivity index (χ1v) is 8.77. The SMILES string of the molecule is Cn1cccc1C(=O)N1C[C@H]2[C@@H](CCOc3cccnc3)CO[C@H]2C1. The molecule has 0 saturated carbocycles. The highest BCUT2D eigenvalue weighted by Crippen LogP contribution is 2.36. The molecular weight excluding hydrogens is 318 g/mol. The second-order valence-electron chi connectivity index (χ2n) is 6.84. The molecule has 2 aromatic rings. The molecule has 2 aromatic heterocycles. The van der Waals surface area contributed by atoms with Crippen molar-refractivity contribution in [2.75, 3.05) is 26.3 Å². The van der Waals surface area contributed by atoms with Gasteiger partial charge in [0.1, 0.15) is 11.4 Å². The Hall–Kier alpha value is -2.34. The van der Waals surface area contributed by atoms with Gasteiger partial charge in [0.25, 0.3) is 5.91 Å². The number of rotatable bonds is 5. The molecule has 0 aliphatic carbocycles. The molecule has 6 heteroatoms. The zero-order valence-electron chi connectivity index (χ0n) is 14.4. The number of aromatic nitrogens is 2. The Kier molecular flexibility index (Phi) is 4.44. The van der Waals surface area contributed by atoms with E-state index in [2.05, 4.69) is 4.98 Å². The highest BCUT2D eigenvalue weighted by Gasteiger charge is 2.45. The molecule has 0 spiro atoms. The summed E-state index contributed by atoms with van der Waals surface area (Å²) >= 11 is 0. The van der Waals surface area contributed by atoms with E-state index in [1.54, 1.807) is 12.4 Å². The van der Waals surface area contributed by atoms with Crippen LogP contribution in [0.25, 0.3) is 0 Å². The van der Waals surface area contributed by atoms with Gasteiger partial charge in [0.05, 0.1) is 25.5 Å². The van der Waals surface area contributed by atoms with Crippen molar-refractivity contribution in [3.63, 3.8) is 0 Å². The third kappa shape index (κ3) is 3.26. The van der Waals surface area contributed by atoms with Crippen LogP contribution in [0.5, 0.6) is 5.75 Å². The minimum Gasteiger partial charge on any atom is -0.492 e. The molecule has 1 amide bonds. The van der Waals surface area contributed by atoms with Gasteiger partial charge in [0.15, 0.2) is 0 Å². The molecular formula is C19H23N3O3. The quantitative estimate of drug-likeness (QED) is 0.834. The van der Waals surface area contributed by atoms with Crippen LogP contribution >= 0.6 is 0 Å². The van der Waals surface area contributed by atoms with E-state index in [-0.39, 0.29) is 12.0 Å². The lowest BCUT2D eigenvalue weighted by Crippen LogP contribution is -2.32. The average Bonchev–Trinajstić information content (AvgIpc) is 3.32. The standard InChI is InChI=1S/C19H23N3O3/c1-21-8-3-5-17(21)19(23)22-11-16-14(13-25-18(16)12-22)6-9-24-15-4-2-7-20-10-15/h2-5,7-8,10,14,16,18H,6,9,11-13H2,1H3/t14-,16-,18-/m0/s1. The predicted molar refractivity (Wildman–Crippen MR) is 92.4 cm³/mol. The van der Waals surface area contributed by atoms with Crippen LogP contribution in [-0.4, -0.2) is 52.8 Å². The van der Waals surface area contributed by atoms with Crippen molar-refractivity contribution >= 4 is 5.91 Å². The van der Waals surface area contributed by atoms with Gasteiger partial charge in [-0.1, -0.05) is 0 Å². The average molecular weight is 341 g/mol. The molecule has 0 aromatic carbocycles. The van der Waals surface area contributed by atoms with E-state index in [9.17, 15) is 4.79 Å². The fourth-order valence-electron chi connectivity index (χ4n) is 3.87. The Bertz CT molecular complexity index is 731. The first-order chi connectivity index (χ1) is 12.2. The molecule has 2 aliphatic rings. The third-order valence-corrected chi connectivity index (χ3v) is 5.28. The lowest BCUT2D eigenvalue weighted by atomic mass is 9.91. The molecule has 0 radical (unpaired) electrons. The molecule has 3 atom stereocenters. The molecule has 0 bridgehead atoms. The van der Waals surface area contributed by atoms with Crippen molar-refractivity contribution in [2.45, 2.75) is 12.5 Å². The van der Waals surface area contributed by atoms with Crippen molar-refractivity contribution in [2.24, 2.45) is 18.9 Å². The molecule has 2 aliphatic heterocycles. The molecule has 132 valence electrons. The summed E-state index contributed by atoms with van der Waals surface area (Å²) in [6.07, 6.45) is 6.46. The Morgan fingerprint density at radius 1 is 1.36 bits per heavy atom. The fourth-order valence-corrected chi connectivity index (χ4v) is 3.87. The fraction of sp³-hybridized carbons (Fsp3) is 0.474. The number of hydrogen-bond acceptors (Lipinski definition) is 4. The first-order valence-electron chi connectivity index (χ1n) is 8.77. The zero-order valence-corrected chi connectivity index (χ0v) is 14.4. The Morgan fingerprint density at radius 2 is 2.28 bits per heavy atom. The minimum absolute atomic E-state index is 0.0934. The monoisotopic (exact) mass is 341 g/mol. The van der Waals surface area contributed by atoms with E-state index >= 15 is 0 Å². The van der Waals surface area contributed by atoms with Crippen molar-refractivity contribution < 1.29 is 14.3 Å². The number of amides is 1. The van der Waals surface area contributed by atoms with Gasteiger partial charge < -0.3 is 18.9 Å². The number of likely N-dealkylation sites (tertiary alicyclic amines) is 1. The lowest BCUT2D eigenvalue weighted by Gasteiger charge is -2.20. The van der Waals surface area contributed by atoms with Gasteiger partial charge in [0.2, 0.25) is 0 Å². The van der Waals surface area contributed by atoms with E-state index in [1.807, 2.05) is 47.0 Å². The van der Waals surface area contributed by atoms with Gasteiger partial charge in [-0.05, 0) is 36.6 Å². The highest BCUT2D eigenvalue weighted by atomic mass is 16.5. The molecule has 2 saturated heterocycles. The van der Waals surface area contributed by atoms with Crippen LogP contribution in [0.3, 0.4) is 0 Å². The van der Waals surface area contributed by atoms with E-state index in [1.165, 1.54) is 0 Å². The Labute approximate surface area is 147 Å². The number of aryl methyl sites for hydroxylation is 1. The molecule has 2 fully saturated rings. The maximum atomic E-state index is 12.7. The van der Waals surface area contributed by atoms with Gasteiger partial charge in [0, 0.05) is 38.4 Å². The van der Waals surface area contributed by atoms with Crippen LogP contribution in [0.4, 0.5) is 0 Å². The van der Waals surface area contributed by atoms with Crippen molar-refractivity contribution in [1.82, 2.24) is 14.5 Å². The Morgan fingerprint density at radius 3 is 3.04 bits per heavy atom. The summed E-state index contributed by atoms with van der Waals surface area (Å²) in [7, 11) is 1.90. The summed E-state index contributed by atoms with van der Waals surface area (Å²) in [5.41, 5.74) is 0.733. The van der Waals surface area contributed by atoms with Crippen LogP contribution in [0, 0.1) is 11.8 Å². The summed E-state index contributed by atoms with van der Waals surface area (Å²) in [5.74, 6) is 1.73. The van der Waals surface area contributed by atoms with Crippen LogP contribution in [0.2, 0.25) is 0 Å². The molecule has 25 heavy (non-hydrogen) atoms. The molecule has 6 nitrogen and oxygen atoms in total. The summed E-state index contributed by atoms with van der Waals surface area (Å²) in [6, 6.07) is 7.56. The first kappa shape index (κ1) is 16.1. The highest BCUT2D eigenvalue weighted by molar-refractivity contribution is 5.93. The number of carbonyl (C=O) groups is 1. The van der Waals surface area contributed by atoms with Gasteiger partial charge >= 0.3 is 0 Å². The van der Waals surface area contributed by atoms with Crippen molar-refractivity contribution in [3.8, 4) is 5.75 Å². The van der Waals surface area contributed by atoms with E-state index in [0.717, 1.165) is 31.0 Å². The molecule has 4 heterocycles. The lowest BCUT2D eigenvalue weighted by molar-refractivity contribution is 0.0664. The van der Waals surface area contributed by atoms with Gasteiger partial charge in [-0.15, -0.1) is 0 Å². The number of ether oxygens (including phenoxy) is 2. The number of pyridine rings is 1. The summed E-state index contributed by atoms with van der Waals surface area (Å²) in [4.78, 5) is 18.7. The van der Waals surface area contributed by atoms with Crippen LogP contribution < -0.4 is 4.74 Å². The summed E-state index contributed by atoms with van der Waals surface area (Å²) in [5, 5.41) is 0. The van der Waals surface area contributed by atoms with E-state index < -0.39 is 0 Å². The third-order valence-electron chi connectivity index (χ3n) is 5.28. The normalized spacial score (nSPS) is 25.2. The molecule has 4 rings (SSSR count). The number of carbonyl (C=O) groups excluding carboxylic acids is 1. The Balaban J connectivity index is 1.32. The van der Waals surface area contributed by atoms with Crippen LogP contribution in [0.1, 0.15) is 16.9 Å². The summed E-state index contributed by atoms with van der Waals surface area (Å²) in [6.45, 7) is 2.87. The van der Waals surface area contributed by atoms with Gasteiger partial charge in [-0.3, -0.25) is 9.78 Å². The van der Waals surface area contributed by atoms with Crippen LogP contribution in [0.15, 0.2) is 42.9 Å². The van der Waals surface area contributed by atoms with Crippen molar-refractivity contribution in [1.29, 1.82) is 0 Å². The van der Waals surface area contributed by atoms with E-state index in [4.69, 9.17) is 9.47 Å². The van der Waals surface area contributed by atoms with E-state index in [0.29, 0.717) is 25.0 Å². The van der Waals surface area contributed by atoms with Crippen LogP contribution in [-0.2, 0) is 11.8 Å². The number of fused-ring (bicyclic) bond motifs is 1. The maximum absolute atomic E-state index is 12.7. The zero-order chi connectivity index (χ0) is 17.2. The minimum atomic E-state index is 0.0934. The number of nitrogens with zero attached hydrogens (tertiary/aromatic N) is 3. The van der Waals surface area contributed by atoms with Gasteiger partial charge in [-0.25, -0.2) is 0 Å². The second-order valence-corrected chi connectivity index (χ2v) is 6.84. The predicted octanol–water partition coefficient (Wildman–Crippen LogP) is 1.98. The second kappa shape index (κ2) is 6.88. The maximum Gasteiger partial charge on any atom is 0.270 e. The molecule has 0 unspecified atom stereocenters. The summed E-state index contributed by atoms with van der Waals surface area (Å²) < 4.78 is 13.6. The topological polar surface area (TPSA) is 56.6 Å². The van der Waals surface area contributed by atoms with Gasteiger partial charge in [-0.2, -0.15) is 0 Å². The molecule has 0 N–H and O–H groups in total. The van der Waals surface area contributed by atoms with Crippen molar-refractivity contribution in [3.05, 3.63) is 48.5 Å². The smallest absolute Gasteiger partial charge is 0.270 e. The number of hydrogen-bond donors (Lipinski definition) is 0.